The van der Waals surface area contributed by atoms with Gasteiger partial charge in [0, 0.05) is 18.6 Å². The van der Waals surface area contributed by atoms with Crippen LogP contribution >= 0.6 is 11.6 Å². The maximum Gasteiger partial charge on any atom is 0.268 e. The molecule has 5 nitrogen and oxygen atoms in total. The average Bonchev–Trinajstić information content (AvgIpc) is 2.59. The van der Waals surface area contributed by atoms with Crippen molar-refractivity contribution in [2.24, 2.45) is 0 Å². The van der Waals surface area contributed by atoms with Crippen LogP contribution in [0.3, 0.4) is 0 Å². The van der Waals surface area contributed by atoms with E-state index < -0.39 is 6.10 Å². The molecule has 1 atom stereocenters. The minimum Gasteiger partial charge on any atom is -0.478 e. The van der Waals surface area contributed by atoms with E-state index >= 15 is 0 Å². The lowest BCUT2D eigenvalue weighted by Crippen LogP contribution is -2.46. The summed E-state index contributed by atoms with van der Waals surface area (Å²) in [6, 6.07) is 14.5. The van der Waals surface area contributed by atoms with Crippen LogP contribution in [0.1, 0.15) is 12.0 Å². The zero-order valence-corrected chi connectivity index (χ0v) is 13.9. The largest absolute Gasteiger partial charge is 0.478 e. The zero-order valence-electron chi connectivity index (χ0n) is 13.2. The van der Waals surface area contributed by atoms with Crippen LogP contribution in [-0.4, -0.2) is 25.0 Å². The van der Waals surface area contributed by atoms with Crippen molar-refractivity contribution in [2.45, 2.75) is 19.1 Å². The molecular formula is C18H17ClN2O3. The summed E-state index contributed by atoms with van der Waals surface area (Å²) >= 11 is 5.83. The summed E-state index contributed by atoms with van der Waals surface area (Å²) in [4.78, 5) is 26.0. The highest BCUT2D eigenvalue weighted by molar-refractivity contribution is 6.30. The Morgan fingerprint density at radius 3 is 2.67 bits per heavy atom. The second kappa shape index (κ2) is 6.93. The first-order valence-electron chi connectivity index (χ1n) is 7.59. The number of nitrogens with one attached hydrogen (secondary N) is 1. The predicted molar refractivity (Wildman–Crippen MR) is 92.2 cm³/mol. The van der Waals surface area contributed by atoms with E-state index in [2.05, 4.69) is 5.32 Å². The van der Waals surface area contributed by atoms with Gasteiger partial charge in [-0.05, 0) is 29.8 Å². The molecule has 24 heavy (non-hydrogen) atoms. The highest BCUT2D eigenvalue weighted by Crippen LogP contribution is 2.33. The fourth-order valence-corrected chi connectivity index (χ4v) is 2.67. The van der Waals surface area contributed by atoms with Crippen LogP contribution in [0.25, 0.3) is 0 Å². The van der Waals surface area contributed by atoms with Crippen molar-refractivity contribution >= 4 is 29.1 Å². The number of amides is 2. The van der Waals surface area contributed by atoms with Crippen LogP contribution in [0.5, 0.6) is 5.75 Å². The van der Waals surface area contributed by atoms with Crippen molar-refractivity contribution < 1.29 is 14.3 Å². The van der Waals surface area contributed by atoms with Gasteiger partial charge in [0.2, 0.25) is 5.91 Å². The number of fused-ring (bicyclic) bond motifs is 1. The maximum absolute atomic E-state index is 12.3. The van der Waals surface area contributed by atoms with Gasteiger partial charge < -0.3 is 15.0 Å². The van der Waals surface area contributed by atoms with Gasteiger partial charge in [-0.2, -0.15) is 0 Å². The number of rotatable bonds is 4. The summed E-state index contributed by atoms with van der Waals surface area (Å²) in [5.41, 5.74) is 1.64. The van der Waals surface area contributed by atoms with Crippen LogP contribution in [0.4, 0.5) is 5.69 Å². The van der Waals surface area contributed by atoms with Gasteiger partial charge in [0.1, 0.15) is 5.75 Å². The van der Waals surface area contributed by atoms with Crippen molar-refractivity contribution in [2.75, 3.05) is 11.9 Å². The van der Waals surface area contributed by atoms with Gasteiger partial charge in [-0.1, -0.05) is 35.9 Å². The zero-order chi connectivity index (χ0) is 17.1. The number of nitrogens with zero attached hydrogens (tertiary/aromatic N) is 1. The van der Waals surface area contributed by atoms with E-state index in [-0.39, 0.29) is 18.2 Å². The SMILES string of the molecule is CN1C(=O)C(CC(=O)NCc2ccc(Cl)cc2)Oc2ccccc21. The molecule has 1 heterocycles. The molecule has 6 heteroatoms. The standard InChI is InChI=1S/C18H17ClN2O3/c1-21-14-4-2-3-5-15(14)24-16(18(21)23)10-17(22)20-11-12-6-8-13(19)9-7-12/h2-9,16H,10-11H2,1H3,(H,20,22). The number of ether oxygens (including phenoxy) is 1. The first kappa shape index (κ1) is 16.3. The third-order valence-corrected chi connectivity index (χ3v) is 4.13. The normalized spacial score (nSPS) is 16.3. The molecule has 2 amide bonds. The van der Waals surface area contributed by atoms with Gasteiger partial charge in [0.15, 0.2) is 6.10 Å². The molecule has 0 saturated carbocycles. The molecule has 0 spiro atoms. The molecule has 2 aromatic rings. The molecule has 0 fully saturated rings. The minimum atomic E-state index is -0.810. The van der Waals surface area contributed by atoms with Crippen molar-refractivity contribution in [1.29, 1.82) is 0 Å². The Bertz CT molecular complexity index is 761. The first-order valence-corrected chi connectivity index (χ1v) is 7.97. The predicted octanol–water partition coefficient (Wildman–Crippen LogP) is 2.77. The first-order chi connectivity index (χ1) is 11.5. The Labute approximate surface area is 145 Å². The van der Waals surface area contributed by atoms with E-state index in [4.69, 9.17) is 16.3 Å². The molecular weight excluding hydrogens is 328 g/mol. The fraction of sp³-hybridized carbons (Fsp3) is 0.222. The number of likely N-dealkylation sites (N-methyl/N-ethyl adjacent to an activating group) is 1. The molecule has 2 aromatic carbocycles. The molecule has 0 bridgehead atoms. The quantitative estimate of drug-likeness (QED) is 0.927. The molecule has 0 aliphatic carbocycles. The maximum atomic E-state index is 12.3. The van der Waals surface area contributed by atoms with E-state index in [0.29, 0.717) is 23.0 Å². The van der Waals surface area contributed by atoms with Gasteiger partial charge in [-0.25, -0.2) is 0 Å². The van der Waals surface area contributed by atoms with Crippen molar-refractivity contribution in [1.82, 2.24) is 5.32 Å². The molecule has 3 rings (SSSR count). The third kappa shape index (κ3) is 3.51. The highest BCUT2D eigenvalue weighted by atomic mass is 35.5. The summed E-state index contributed by atoms with van der Waals surface area (Å²) in [7, 11) is 1.68. The number of hydrogen-bond donors (Lipinski definition) is 1. The molecule has 1 unspecified atom stereocenters. The minimum absolute atomic E-state index is 0.0227. The Hall–Kier alpha value is -2.53. The monoisotopic (exact) mass is 344 g/mol. The summed E-state index contributed by atoms with van der Waals surface area (Å²) < 4.78 is 5.68. The molecule has 0 radical (unpaired) electrons. The number of carbonyl (C=O) groups is 2. The number of para-hydroxylation sites is 2. The Morgan fingerprint density at radius 2 is 1.92 bits per heavy atom. The lowest BCUT2D eigenvalue weighted by molar-refractivity contribution is -0.132. The van der Waals surface area contributed by atoms with Gasteiger partial charge in [0.05, 0.1) is 12.1 Å². The molecule has 1 aliphatic heterocycles. The molecule has 0 aromatic heterocycles. The van der Waals surface area contributed by atoms with Crippen molar-refractivity contribution in [3.8, 4) is 5.75 Å². The van der Waals surface area contributed by atoms with Gasteiger partial charge in [-0.15, -0.1) is 0 Å². The van der Waals surface area contributed by atoms with E-state index in [9.17, 15) is 9.59 Å². The van der Waals surface area contributed by atoms with Crippen LogP contribution in [-0.2, 0) is 16.1 Å². The number of carbonyl (C=O) groups excluding carboxylic acids is 2. The van der Waals surface area contributed by atoms with Crippen LogP contribution in [0.15, 0.2) is 48.5 Å². The molecule has 1 N–H and O–H groups in total. The van der Waals surface area contributed by atoms with E-state index in [1.165, 1.54) is 4.90 Å². The molecule has 1 aliphatic rings. The number of anilines is 1. The van der Waals surface area contributed by atoms with E-state index in [1.807, 2.05) is 30.3 Å². The van der Waals surface area contributed by atoms with Crippen LogP contribution in [0.2, 0.25) is 5.02 Å². The lowest BCUT2D eigenvalue weighted by Gasteiger charge is -2.31. The van der Waals surface area contributed by atoms with Crippen molar-refractivity contribution in [3.63, 3.8) is 0 Å². The van der Waals surface area contributed by atoms with E-state index in [0.717, 1.165) is 5.56 Å². The van der Waals surface area contributed by atoms with Gasteiger partial charge in [-0.3, -0.25) is 9.59 Å². The second-order valence-corrected chi connectivity index (χ2v) is 6.02. The molecule has 124 valence electrons. The molecule has 0 saturated heterocycles. The van der Waals surface area contributed by atoms with Crippen molar-refractivity contribution in [3.05, 3.63) is 59.1 Å². The summed E-state index contributed by atoms with van der Waals surface area (Å²) in [6.45, 7) is 0.378. The lowest BCUT2D eigenvalue weighted by atomic mass is 10.1. The Morgan fingerprint density at radius 1 is 1.21 bits per heavy atom. The summed E-state index contributed by atoms with van der Waals surface area (Å²) in [6.07, 6.45) is -0.833. The van der Waals surface area contributed by atoms with E-state index in [1.54, 1.807) is 25.2 Å². The van der Waals surface area contributed by atoms with Gasteiger partial charge >= 0.3 is 0 Å². The second-order valence-electron chi connectivity index (χ2n) is 5.58. The highest BCUT2D eigenvalue weighted by Gasteiger charge is 2.33. The number of benzene rings is 2. The fourth-order valence-electron chi connectivity index (χ4n) is 2.54. The number of hydrogen-bond acceptors (Lipinski definition) is 3. The number of halogens is 1. The summed E-state index contributed by atoms with van der Waals surface area (Å²) in [5.74, 6) is 0.140. The van der Waals surface area contributed by atoms with Crippen LogP contribution in [0, 0.1) is 0 Å². The smallest absolute Gasteiger partial charge is 0.268 e. The summed E-state index contributed by atoms with van der Waals surface area (Å²) in [5, 5.41) is 3.44. The topological polar surface area (TPSA) is 58.6 Å². The van der Waals surface area contributed by atoms with Gasteiger partial charge in [0.25, 0.3) is 5.91 Å². The van der Waals surface area contributed by atoms with Crippen LogP contribution < -0.4 is 15.0 Å². The Balaban J connectivity index is 1.60. The Kier molecular flexibility index (Phi) is 4.71. The average molecular weight is 345 g/mol. The third-order valence-electron chi connectivity index (χ3n) is 3.88.